The Morgan fingerprint density at radius 1 is 1.05 bits per heavy atom. The molecule has 2 aromatic heterocycles. The van der Waals surface area contributed by atoms with Crippen molar-refractivity contribution in [3.05, 3.63) is 66.6 Å². The highest BCUT2D eigenvalue weighted by atomic mass is 32.2. The van der Waals surface area contributed by atoms with Crippen molar-refractivity contribution in [1.29, 1.82) is 0 Å². The second kappa shape index (κ2) is 11.4. The largest absolute Gasteiger partial charge is 0.392 e. The SMILES string of the molecule is C[C@H](O)CN1CCN(c2ccc(Nc3ncc4ccc(-c5cccc(S(=O)(=O)NC(C)(C)C)c5)n4n3)cc2F)CC1. The number of benzene rings is 2. The lowest BCUT2D eigenvalue weighted by molar-refractivity contribution is 0.122. The predicted octanol–water partition coefficient (Wildman–Crippen LogP) is 3.86. The zero-order valence-corrected chi connectivity index (χ0v) is 24.5. The van der Waals surface area contributed by atoms with E-state index in [0.29, 0.717) is 42.3 Å². The van der Waals surface area contributed by atoms with E-state index in [1.165, 1.54) is 6.07 Å². The van der Waals surface area contributed by atoms with Crippen molar-refractivity contribution in [2.24, 2.45) is 0 Å². The molecule has 1 saturated heterocycles. The molecule has 1 atom stereocenters. The van der Waals surface area contributed by atoms with Crippen LogP contribution in [0.1, 0.15) is 27.7 Å². The van der Waals surface area contributed by atoms with E-state index in [1.54, 1.807) is 68.7 Å². The van der Waals surface area contributed by atoms with Crippen molar-refractivity contribution in [1.82, 2.24) is 24.2 Å². The fraction of sp³-hybridized carbons (Fsp3) is 0.379. The number of β-amino-alcohol motifs (C(OH)–C–C–N with tert-alkyl or cyclic N) is 1. The molecule has 41 heavy (non-hydrogen) atoms. The standard InChI is InChI=1S/C29H36FN7O3S/c1-20(38)19-35-12-14-36(15-13-35)27-10-8-22(17-25(27)30)32-28-31-18-23-9-11-26(37(23)33-28)21-6-5-7-24(16-21)41(39,40)34-29(2,3)4/h5-11,16-18,20,34,38H,12-15,19H2,1-4H3,(H,32,33)/t20-/m0/s1. The molecule has 0 radical (unpaired) electrons. The lowest BCUT2D eigenvalue weighted by Crippen LogP contribution is -2.48. The molecular formula is C29H36FN7O3S. The van der Waals surface area contributed by atoms with Gasteiger partial charge >= 0.3 is 0 Å². The zero-order chi connectivity index (χ0) is 29.4. The van der Waals surface area contributed by atoms with Crippen LogP contribution in [-0.2, 0) is 10.0 Å². The smallest absolute Gasteiger partial charge is 0.245 e. The Labute approximate surface area is 239 Å². The van der Waals surface area contributed by atoms with Gasteiger partial charge < -0.3 is 15.3 Å². The van der Waals surface area contributed by atoms with Gasteiger partial charge in [0, 0.05) is 49.5 Å². The summed E-state index contributed by atoms with van der Waals surface area (Å²) >= 11 is 0. The van der Waals surface area contributed by atoms with Crippen LogP contribution >= 0.6 is 0 Å². The Bertz CT molecular complexity index is 1640. The highest BCUT2D eigenvalue weighted by Crippen LogP contribution is 2.27. The number of nitrogens with zero attached hydrogens (tertiary/aromatic N) is 5. The van der Waals surface area contributed by atoms with Gasteiger partial charge in [-0.2, -0.15) is 0 Å². The number of halogens is 1. The van der Waals surface area contributed by atoms with E-state index < -0.39 is 15.6 Å². The van der Waals surface area contributed by atoms with E-state index in [-0.39, 0.29) is 22.8 Å². The fourth-order valence-corrected chi connectivity index (χ4v) is 6.44. The summed E-state index contributed by atoms with van der Waals surface area (Å²) < 4.78 is 45.3. The summed E-state index contributed by atoms with van der Waals surface area (Å²) in [5, 5.41) is 17.3. The average Bonchev–Trinajstić information content (AvgIpc) is 3.31. The molecule has 4 aromatic rings. The predicted molar refractivity (Wildman–Crippen MR) is 159 cm³/mol. The molecule has 1 aliphatic heterocycles. The summed E-state index contributed by atoms with van der Waals surface area (Å²) in [7, 11) is -3.71. The van der Waals surface area contributed by atoms with Gasteiger partial charge in [-0.15, -0.1) is 5.10 Å². The van der Waals surface area contributed by atoms with E-state index >= 15 is 4.39 Å². The summed E-state index contributed by atoms with van der Waals surface area (Å²) in [6, 6.07) is 15.4. The maximum Gasteiger partial charge on any atom is 0.245 e. The first-order chi connectivity index (χ1) is 19.4. The van der Waals surface area contributed by atoms with Gasteiger partial charge in [0.15, 0.2) is 0 Å². The van der Waals surface area contributed by atoms with Crippen LogP contribution < -0.4 is 14.9 Å². The maximum absolute atomic E-state index is 15.1. The average molecular weight is 582 g/mol. The van der Waals surface area contributed by atoms with Gasteiger partial charge in [-0.05, 0) is 70.2 Å². The minimum absolute atomic E-state index is 0.159. The summed E-state index contributed by atoms with van der Waals surface area (Å²) in [6.45, 7) is 10.7. The quantitative estimate of drug-likeness (QED) is 0.288. The summed E-state index contributed by atoms with van der Waals surface area (Å²) in [4.78, 5) is 8.72. The number of sulfonamides is 1. The molecule has 1 aliphatic rings. The van der Waals surface area contributed by atoms with Crippen molar-refractivity contribution >= 4 is 32.9 Å². The van der Waals surface area contributed by atoms with Gasteiger partial charge in [0.2, 0.25) is 16.0 Å². The monoisotopic (exact) mass is 581 g/mol. The van der Waals surface area contributed by atoms with Gasteiger partial charge in [0.1, 0.15) is 5.82 Å². The number of aliphatic hydroxyl groups excluding tert-OH is 1. The molecule has 2 aromatic carbocycles. The Kier molecular flexibility index (Phi) is 8.02. The molecule has 3 N–H and O–H groups in total. The molecule has 0 amide bonds. The van der Waals surface area contributed by atoms with Crippen LogP contribution in [0.2, 0.25) is 0 Å². The number of fused-ring (bicyclic) bond motifs is 1. The molecule has 0 unspecified atom stereocenters. The van der Waals surface area contributed by atoms with Crippen LogP contribution in [-0.4, -0.2) is 77.4 Å². The second-order valence-electron chi connectivity index (χ2n) is 11.4. The van der Waals surface area contributed by atoms with E-state index in [1.807, 2.05) is 23.1 Å². The third-order valence-corrected chi connectivity index (χ3v) is 8.47. The first-order valence-corrected chi connectivity index (χ1v) is 15.1. The van der Waals surface area contributed by atoms with E-state index in [2.05, 4.69) is 25.0 Å². The first kappa shape index (κ1) is 28.9. The highest BCUT2D eigenvalue weighted by Gasteiger charge is 2.23. The Morgan fingerprint density at radius 3 is 2.49 bits per heavy atom. The van der Waals surface area contributed by atoms with Gasteiger partial charge in [-0.3, -0.25) is 4.90 Å². The lowest BCUT2D eigenvalue weighted by Gasteiger charge is -2.36. The van der Waals surface area contributed by atoms with Crippen molar-refractivity contribution in [3.8, 4) is 11.3 Å². The highest BCUT2D eigenvalue weighted by molar-refractivity contribution is 7.89. The summed E-state index contributed by atoms with van der Waals surface area (Å²) in [6.07, 6.45) is 1.27. The van der Waals surface area contributed by atoms with Crippen LogP contribution in [0.15, 0.2) is 65.7 Å². The molecule has 0 spiro atoms. The maximum atomic E-state index is 15.1. The van der Waals surface area contributed by atoms with Gasteiger partial charge in [-0.25, -0.2) is 27.0 Å². The van der Waals surface area contributed by atoms with Crippen molar-refractivity contribution in [3.63, 3.8) is 0 Å². The van der Waals surface area contributed by atoms with E-state index in [9.17, 15) is 13.5 Å². The summed E-state index contributed by atoms with van der Waals surface area (Å²) in [5.74, 6) is -0.0735. The van der Waals surface area contributed by atoms with E-state index in [0.717, 1.165) is 18.6 Å². The van der Waals surface area contributed by atoms with Crippen LogP contribution in [0.4, 0.5) is 21.7 Å². The van der Waals surface area contributed by atoms with Crippen LogP contribution in [0.3, 0.4) is 0 Å². The van der Waals surface area contributed by atoms with Gasteiger partial charge in [0.05, 0.1) is 34.1 Å². The van der Waals surface area contributed by atoms with Crippen molar-refractivity contribution in [2.45, 2.75) is 44.2 Å². The summed E-state index contributed by atoms with van der Waals surface area (Å²) in [5.41, 5.74) is 2.52. The number of anilines is 3. The number of nitrogens with one attached hydrogen (secondary N) is 2. The molecule has 0 aliphatic carbocycles. The van der Waals surface area contributed by atoms with Crippen molar-refractivity contribution in [2.75, 3.05) is 42.9 Å². The van der Waals surface area contributed by atoms with Crippen LogP contribution in [0.25, 0.3) is 16.8 Å². The minimum Gasteiger partial charge on any atom is -0.392 e. The molecule has 5 rings (SSSR count). The first-order valence-electron chi connectivity index (χ1n) is 13.6. The Morgan fingerprint density at radius 2 is 1.80 bits per heavy atom. The minimum atomic E-state index is -3.71. The molecule has 12 heteroatoms. The molecule has 3 heterocycles. The topological polar surface area (TPSA) is 115 Å². The van der Waals surface area contributed by atoms with Crippen LogP contribution in [0.5, 0.6) is 0 Å². The zero-order valence-electron chi connectivity index (χ0n) is 23.7. The number of rotatable bonds is 8. The van der Waals surface area contributed by atoms with Gasteiger partial charge in [0.25, 0.3) is 0 Å². The number of piperazine rings is 1. The molecule has 1 fully saturated rings. The van der Waals surface area contributed by atoms with Crippen LogP contribution in [0, 0.1) is 5.82 Å². The normalized spacial score (nSPS) is 15.8. The molecule has 10 nitrogen and oxygen atoms in total. The number of aliphatic hydroxyl groups is 1. The molecule has 0 saturated carbocycles. The Hall–Kier alpha value is -3.58. The number of aromatic nitrogens is 3. The lowest BCUT2D eigenvalue weighted by atomic mass is 10.1. The Balaban J connectivity index is 1.34. The van der Waals surface area contributed by atoms with E-state index in [4.69, 9.17) is 0 Å². The second-order valence-corrected chi connectivity index (χ2v) is 13.1. The third-order valence-electron chi connectivity index (χ3n) is 6.72. The molecule has 218 valence electrons. The number of hydrogen-bond acceptors (Lipinski definition) is 8. The number of hydrogen-bond donors (Lipinski definition) is 3. The van der Waals surface area contributed by atoms with Gasteiger partial charge in [-0.1, -0.05) is 12.1 Å². The fourth-order valence-electron chi connectivity index (χ4n) is 4.98. The molecule has 0 bridgehead atoms. The van der Waals surface area contributed by atoms with Crippen molar-refractivity contribution < 1.29 is 17.9 Å². The third kappa shape index (κ3) is 6.84. The molecular weight excluding hydrogens is 545 g/mol.